The van der Waals surface area contributed by atoms with E-state index in [2.05, 4.69) is 22.8 Å². The summed E-state index contributed by atoms with van der Waals surface area (Å²) >= 11 is 0. The molecule has 36 heavy (non-hydrogen) atoms. The van der Waals surface area contributed by atoms with Crippen LogP contribution in [0.4, 0.5) is 4.79 Å². The van der Waals surface area contributed by atoms with Crippen molar-refractivity contribution in [1.29, 1.82) is 0 Å². The molecule has 0 saturated carbocycles. The van der Waals surface area contributed by atoms with E-state index in [1.54, 1.807) is 12.1 Å². The zero-order valence-corrected chi connectivity index (χ0v) is 20.1. The van der Waals surface area contributed by atoms with E-state index >= 15 is 0 Å². The summed E-state index contributed by atoms with van der Waals surface area (Å²) < 4.78 is 10.3. The number of nitrogens with one attached hydrogen (secondary N) is 2. The number of fused-ring (bicyclic) bond motifs is 3. The smallest absolute Gasteiger partial charge is 0.407 e. The standard InChI is InChI=1S/C28H28N2O6/c1-17(26(32)30-25(27(33)35-2)15-18-11-13-19(31)14-12-18)29-28(34)36-16-24-22-9-5-3-7-20(22)21-8-4-6-10-23(21)24/h3-14,17,24-25,31H,15-16H2,1-2H3,(H,29,34)(H,30,32)/t17-,25-/m0/s1. The van der Waals surface area contributed by atoms with Gasteiger partial charge in [-0.05, 0) is 46.9 Å². The average Bonchev–Trinajstić information content (AvgIpc) is 3.21. The van der Waals surface area contributed by atoms with Crippen LogP contribution in [0.2, 0.25) is 0 Å². The molecule has 0 spiro atoms. The van der Waals surface area contributed by atoms with E-state index in [1.165, 1.54) is 26.2 Å². The maximum Gasteiger partial charge on any atom is 0.407 e. The van der Waals surface area contributed by atoms with E-state index in [0.29, 0.717) is 0 Å². The summed E-state index contributed by atoms with van der Waals surface area (Å²) in [6.45, 7) is 1.63. The van der Waals surface area contributed by atoms with Crippen LogP contribution in [0.15, 0.2) is 72.8 Å². The second-order valence-corrected chi connectivity index (χ2v) is 8.65. The number of alkyl carbamates (subject to hydrolysis) is 1. The van der Waals surface area contributed by atoms with Crippen molar-refractivity contribution >= 4 is 18.0 Å². The Morgan fingerprint density at radius 1 is 0.889 bits per heavy atom. The molecule has 3 aromatic carbocycles. The highest BCUT2D eigenvalue weighted by Gasteiger charge is 2.30. The highest BCUT2D eigenvalue weighted by molar-refractivity contribution is 5.89. The van der Waals surface area contributed by atoms with Crippen LogP contribution in [0.3, 0.4) is 0 Å². The van der Waals surface area contributed by atoms with Gasteiger partial charge in [-0.1, -0.05) is 60.7 Å². The number of amides is 2. The van der Waals surface area contributed by atoms with E-state index in [-0.39, 0.29) is 24.7 Å². The molecule has 3 aromatic rings. The molecule has 2 amide bonds. The molecule has 0 radical (unpaired) electrons. The first-order valence-corrected chi connectivity index (χ1v) is 11.6. The molecule has 2 atom stereocenters. The van der Waals surface area contributed by atoms with E-state index < -0.39 is 30.1 Å². The molecule has 1 aliphatic carbocycles. The van der Waals surface area contributed by atoms with Crippen LogP contribution in [0, 0.1) is 0 Å². The first-order valence-electron chi connectivity index (χ1n) is 11.6. The SMILES string of the molecule is COC(=O)[C@H](Cc1ccc(O)cc1)NC(=O)[C@H](C)NC(=O)OCC1c2ccccc2-c2ccccc21. The average molecular weight is 489 g/mol. The molecule has 0 saturated heterocycles. The highest BCUT2D eigenvalue weighted by Crippen LogP contribution is 2.44. The van der Waals surface area contributed by atoms with Crippen LogP contribution in [0.5, 0.6) is 5.75 Å². The highest BCUT2D eigenvalue weighted by atomic mass is 16.5. The summed E-state index contributed by atoms with van der Waals surface area (Å²) in [7, 11) is 1.23. The van der Waals surface area contributed by atoms with Crippen molar-refractivity contribution in [3.63, 3.8) is 0 Å². The van der Waals surface area contributed by atoms with Crippen molar-refractivity contribution in [1.82, 2.24) is 10.6 Å². The fraction of sp³-hybridized carbons (Fsp3) is 0.250. The van der Waals surface area contributed by atoms with Gasteiger partial charge in [-0.3, -0.25) is 4.79 Å². The normalized spacial score (nSPS) is 13.6. The Bertz CT molecular complexity index is 1210. The van der Waals surface area contributed by atoms with Crippen LogP contribution < -0.4 is 10.6 Å². The molecule has 0 fully saturated rings. The third-order valence-corrected chi connectivity index (χ3v) is 6.25. The zero-order valence-electron chi connectivity index (χ0n) is 20.1. The third kappa shape index (κ3) is 5.49. The fourth-order valence-corrected chi connectivity index (χ4v) is 4.38. The lowest BCUT2D eigenvalue weighted by Crippen LogP contribution is -2.51. The summed E-state index contributed by atoms with van der Waals surface area (Å²) in [6.07, 6.45) is -0.566. The fourth-order valence-electron chi connectivity index (χ4n) is 4.38. The molecule has 0 aromatic heterocycles. The number of carbonyl (C=O) groups is 3. The van der Waals surface area contributed by atoms with Crippen molar-refractivity contribution in [3.05, 3.63) is 89.5 Å². The minimum absolute atomic E-state index is 0.0957. The molecule has 0 bridgehead atoms. The van der Waals surface area contributed by atoms with Crippen LogP contribution in [0.25, 0.3) is 11.1 Å². The number of hydrogen-bond donors (Lipinski definition) is 3. The maximum absolute atomic E-state index is 12.7. The number of rotatable bonds is 8. The monoisotopic (exact) mass is 488 g/mol. The second-order valence-electron chi connectivity index (χ2n) is 8.65. The van der Waals surface area contributed by atoms with Crippen molar-refractivity contribution < 1.29 is 29.0 Å². The molecule has 4 rings (SSSR count). The molecule has 0 unspecified atom stereocenters. The lowest BCUT2D eigenvalue weighted by molar-refractivity contribution is -0.145. The Morgan fingerprint density at radius 2 is 1.47 bits per heavy atom. The molecule has 8 heteroatoms. The van der Waals surface area contributed by atoms with Crippen LogP contribution in [-0.4, -0.2) is 48.9 Å². The molecule has 0 aliphatic heterocycles. The van der Waals surface area contributed by atoms with Crippen LogP contribution in [-0.2, 0) is 25.5 Å². The lowest BCUT2D eigenvalue weighted by atomic mass is 9.98. The number of methoxy groups -OCH3 is 1. The van der Waals surface area contributed by atoms with E-state index in [1.807, 2.05) is 36.4 Å². The Labute approximate surface area is 209 Å². The Balaban J connectivity index is 1.34. The van der Waals surface area contributed by atoms with E-state index in [9.17, 15) is 19.5 Å². The van der Waals surface area contributed by atoms with Gasteiger partial charge >= 0.3 is 12.1 Å². The van der Waals surface area contributed by atoms with Gasteiger partial charge in [0.1, 0.15) is 24.4 Å². The molecule has 186 valence electrons. The largest absolute Gasteiger partial charge is 0.508 e. The topological polar surface area (TPSA) is 114 Å². The van der Waals surface area contributed by atoms with Gasteiger partial charge in [0.05, 0.1) is 7.11 Å². The molecular weight excluding hydrogens is 460 g/mol. The van der Waals surface area contributed by atoms with Crippen LogP contribution in [0.1, 0.15) is 29.5 Å². The maximum atomic E-state index is 12.7. The van der Waals surface area contributed by atoms with Gasteiger partial charge in [0, 0.05) is 12.3 Å². The summed E-state index contributed by atoms with van der Waals surface area (Å²) in [5, 5.41) is 14.6. The first-order chi connectivity index (χ1) is 17.4. The number of phenols is 1. The summed E-state index contributed by atoms with van der Waals surface area (Å²) in [5.74, 6) is -1.18. The van der Waals surface area contributed by atoms with Gasteiger partial charge in [0.2, 0.25) is 5.91 Å². The van der Waals surface area contributed by atoms with Crippen molar-refractivity contribution in [2.24, 2.45) is 0 Å². The first kappa shape index (κ1) is 24.8. The van der Waals surface area contributed by atoms with Gasteiger partial charge in [-0.25, -0.2) is 9.59 Å². The van der Waals surface area contributed by atoms with Gasteiger partial charge < -0.3 is 25.2 Å². The zero-order chi connectivity index (χ0) is 25.7. The second kappa shape index (κ2) is 10.9. The molecular formula is C28H28N2O6. The number of carbonyl (C=O) groups excluding carboxylic acids is 3. The number of benzene rings is 3. The molecule has 8 nitrogen and oxygen atoms in total. The third-order valence-electron chi connectivity index (χ3n) is 6.25. The predicted molar refractivity (Wildman–Crippen MR) is 133 cm³/mol. The quantitative estimate of drug-likeness (QED) is 0.418. The van der Waals surface area contributed by atoms with Crippen molar-refractivity contribution in [2.45, 2.75) is 31.3 Å². The van der Waals surface area contributed by atoms with Gasteiger partial charge in [0.25, 0.3) is 0 Å². The van der Waals surface area contributed by atoms with Crippen molar-refractivity contribution in [2.75, 3.05) is 13.7 Å². The molecule has 1 aliphatic rings. The Morgan fingerprint density at radius 3 is 2.06 bits per heavy atom. The van der Waals surface area contributed by atoms with Gasteiger partial charge in [0.15, 0.2) is 0 Å². The minimum atomic E-state index is -0.959. The summed E-state index contributed by atoms with van der Waals surface area (Å²) in [5.41, 5.74) is 5.15. The molecule has 3 N–H and O–H groups in total. The van der Waals surface area contributed by atoms with Gasteiger partial charge in [-0.15, -0.1) is 0 Å². The van der Waals surface area contributed by atoms with E-state index in [4.69, 9.17) is 9.47 Å². The van der Waals surface area contributed by atoms with E-state index in [0.717, 1.165) is 27.8 Å². The lowest BCUT2D eigenvalue weighted by Gasteiger charge is -2.20. The van der Waals surface area contributed by atoms with Crippen molar-refractivity contribution in [3.8, 4) is 16.9 Å². The minimum Gasteiger partial charge on any atom is -0.508 e. The summed E-state index contributed by atoms with van der Waals surface area (Å²) in [4.78, 5) is 37.4. The molecule has 0 heterocycles. The number of hydrogen-bond acceptors (Lipinski definition) is 6. The number of esters is 1. The predicted octanol–water partition coefficient (Wildman–Crippen LogP) is 3.52. The Kier molecular flexibility index (Phi) is 7.53. The summed E-state index contributed by atoms with van der Waals surface area (Å²) in [6, 6.07) is 20.4. The number of phenolic OH excluding ortho intramolecular Hbond substituents is 1. The number of ether oxygens (including phenoxy) is 2. The number of aromatic hydroxyl groups is 1. The Hall–Kier alpha value is -4.33. The van der Waals surface area contributed by atoms with Crippen LogP contribution >= 0.6 is 0 Å². The van der Waals surface area contributed by atoms with Gasteiger partial charge in [-0.2, -0.15) is 0 Å².